The summed E-state index contributed by atoms with van der Waals surface area (Å²) in [5, 5.41) is 0.581. The van der Waals surface area contributed by atoms with Crippen LogP contribution in [0, 0.1) is 0 Å². The quantitative estimate of drug-likeness (QED) is 0.119. The van der Waals surface area contributed by atoms with Crippen LogP contribution < -0.4 is 19.3 Å². The second-order valence-electron chi connectivity index (χ2n) is 9.38. The molecule has 4 aromatic rings. The molecule has 1 aliphatic rings. The number of rotatable bonds is 9. The summed E-state index contributed by atoms with van der Waals surface area (Å²) in [5.41, 5.74) is 2.57. The van der Waals surface area contributed by atoms with Crippen LogP contribution in [-0.2, 0) is 22.6 Å². The van der Waals surface area contributed by atoms with Crippen LogP contribution in [0.1, 0.15) is 16.7 Å². The highest BCUT2D eigenvalue weighted by Gasteiger charge is 2.43. The van der Waals surface area contributed by atoms with Gasteiger partial charge in [0.1, 0.15) is 12.2 Å². The number of methoxy groups -OCH3 is 1. The molecule has 0 unspecified atom stereocenters. The zero-order valence-corrected chi connectivity index (χ0v) is 23.6. The Morgan fingerprint density at radius 1 is 0.786 bits per heavy atom. The lowest BCUT2D eigenvalue weighted by Gasteiger charge is -2.34. The minimum absolute atomic E-state index is 0.182. The van der Waals surface area contributed by atoms with Gasteiger partial charge in [-0.05, 0) is 60.5 Å². The fraction of sp³-hybridized carbons (Fsp3) is 0.0882. The van der Waals surface area contributed by atoms with Crippen molar-refractivity contribution in [2.75, 3.05) is 16.9 Å². The molecule has 42 heavy (non-hydrogen) atoms. The lowest BCUT2D eigenvalue weighted by Crippen LogP contribution is -2.57. The summed E-state index contributed by atoms with van der Waals surface area (Å²) in [6.07, 6.45) is 3.62. The molecule has 0 atom stereocenters. The van der Waals surface area contributed by atoms with E-state index in [4.69, 9.17) is 21.1 Å². The van der Waals surface area contributed by atoms with Crippen LogP contribution in [0.5, 0.6) is 11.5 Å². The monoisotopic (exact) mass is 578 g/mol. The van der Waals surface area contributed by atoms with Crippen LogP contribution in [0.4, 0.5) is 16.2 Å². The van der Waals surface area contributed by atoms with E-state index in [1.807, 2.05) is 18.2 Å². The number of halogens is 1. The minimum Gasteiger partial charge on any atom is -0.493 e. The van der Waals surface area contributed by atoms with Gasteiger partial charge in [-0.15, -0.1) is 6.58 Å². The number of ether oxygens (including phenoxy) is 2. The largest absolute Gasteiger partial charge is 0.493 e. The second kappa shape index (κ2) is 12.6. The number of para-hydroxylation sites is 2. The standard InChI is InChI=1S/C34H27ClN2O5/c1-3-12-24-19-23(21-30(41-2)31(24)42-22-25-13-10-11-18-29(25)35)20-28-32(38)36(26-14-6-4-7-15-26)34(40)37(33(28)39)27-16-8-5-9-17-27/h3-11,13-21H,1,12,22H2,2H3. The van der Waals surface area contributed by atoms with Gasteiger partial charge in [-0.1, -0.05) is 72.3 Å². The number of hydrogen-bond donors (Lipinski definition) is 0. The lowest BCUT2D eigenvalue weighted by atomic mass is 10.0. The molecule has 0 N–H and O–H groups in total. The molecule has 8 heteroatoms. The summed E-state index contributed by atoms with van der Waals surface area (Å²) in [6, 6.07) is 27.1. The number of allylic oxidation sites excluding steroid dienone is 1. The van der Waals surface area contributed by atoms with E-state index in [1.165, 1.54) is 13.2 Å². The van der Waals surface area contributed by atoms with Crippen LogP contribution in [-0.4, -0.2) is 25.0 Å². The summed E-state index contributed by atoms with van der Waals surface area (Å²) in [5.74, 6) is -0.564. The Labute approximate surface area is 248 Å². The molecule has 1 aliphatic heterocycles. The summed E-state index contributed by atoms with van der Waals surface area (Å²) >= 11 is 6.32. The van der Waals surface area contributed by atoms with Crippen molar-refractivity contribution in [2.24, 2.45) is 0 Å². The average molecular weight is 579 g/mol. The van der Waals surface area contributed by atoms with E-state index in [0.29, 0.717) is 39.9 Å². The molecule has 5 rings (SSSR count). The van der Waals surface area contributed by atoms with Gasteiger partial charge in [-0.2, -0.15) is 0 Å². The Hall–Kier alpha value is -5.14. The molecule has 4 aromatic carbocycles. The van der Waals surface area contributed by atoms with E-state index in [-0.39, 0.29) is 12.2 Å². The predicted molar refractivity (Wildman–Crippen MR) is 164 cm³/mol. The Kier molecular flexibility index (Phi) is 8.50. The summed E-state index contributed by atoms with van der Waals surface area (Å²) in [7, 11) is 1.51. The van der Waals surface area contributed by atoms with Crippen molar-refractivity contribution < 1.29 is 23.9 Å². The summed E-state index contributed by atoms with van der Waals surface area (Å²) < 4.78 is 11.8. The fourth-order valence-electron chi connectivity index (χ4n) is 4.66. The van der Waals surface area contributed by atoms with Crippen LogP contribution in [0.15, 0.2) is 115 Å². The smallest absolute Gasteiger partial charge is 0.343 e. The SMILES string of the molecule is C=CCc1cc(C=C2C(=O)N(c3ccccc3)C(=O)N(c3ccccc3)C2=O)cc(OC)c1OCc1ccccc1Cl. The second-order valence-corrected chi connectivity index (χ2v) is 9.78. The average Bonchev–Trinajstić information content (AvgIpc) is 3.00. The molecular formula is C34H27ClN2O5. The molecular weight excluding hydrogens is 552 g/mol. The van der Waals surface area contributed by atoms with Crippen molar-refractivity contribution in [1.29, 1.82) is 0 Å². The first-order valence-corrected chi connectivity index (χ1v) is 13.5. The number of hydrogen-bond acceptors (Lipinski definition) is 5. The number of barbiturate groups is 1. The third-order valence-corrected chi connectivity index (χ3v) is 7.03. The molecule has 0 radical (unpaired) electrons. The first-order chi connectivity index (χ1) is 20.4. The number of benzene rings is 4. The van der Waals surface area contributed by atoms with Crippen molar-refractivity contribution in [3.05, 3.63) is 137 Å². The van der Waals surface area contributed by atoms with E-state index in [1.54, 1.807) is 84.9 Å². The van der Waals surface area contributed by atoms with E-state index < -0.39 is 17.8 Å². The van der Waals surface area contributed by atoms with Crippen molar-refractivity contribution in [1.82, 2.24) is 0 Å². The maximum atomic E-state index is 13.8. The van der Waals surface area contributed by atoms with Gasteiger partial charge in [-0.25, -0.2) is 14.6 Å². The summed E-state index contributed by atoms with van der Waals surface area (Å²) in [4.78, 5) is 43.1. The topological polar surface area (TPSA) is 76.2 Å². The molecule has 0 spiro atoms. The van der Waals surface area contributed by atoms with Gasteiger partial charge >= 0.3 is 6.03 Å². The van der Waals surface area contributed by atoms with Gasteiger partial charge < -0.3 is 9.47 Å². The van der Waals surface area contributed by atoms with Crippen LogP contribution in [0.3, 0.4) is 0 Å². The molecule has 0 aliphatic carbocycles. The highest BCUT2D eigenvalue weighted by Crippen LogP contribution is 2.36. The molecule has 1 saturated heterocycles. The molecule has 7 nitrogen and oxygen atoms in total. The third kappa shape index (κ3) is 5.68. The van der Waals surface area contributed by atoms with E-state index in [0.717, 1.165) is 20.9 Å². The Balaban J connectivity index is 1.59. The number of nitrogens with zero attached hydrogens (tertiary/aromatic N) is 2. The molecule has 210 valence electrons. The number of anilines is 2. The molecule has 0 aromatic heterocycles. The molecule has 0 saturated carbocycles. The van der Waals surface area contributed by atoms with E-state index in [2.05, 4.69) is 6.58 Å². The first-order valence-electron chi connectivity index (χ1n) is 13.2. The Morgan fingerprint density at radius 3 is 1.90 bits per heavy atom. The maximum absolute atomic E-state index is 13.8. The van der Waals surface area contributed by atoms with Gasteiger partial charge in [-0.3, -0.25) is 9.59 Å². The van der Waals surface area contributed by atoms with Gasteiger partial charge in [0, 0.05) is 16.1 Å². The molecule has 4 amide bonds. The normalized spacial score (nSPS) is 13.3. The number of carbonyl (C=O) groups excluding carboxylic acids is 3. The van der Waals surface area contributed by atoms with Crippen molar-refractivity contribution >= 4 is 46.9 Å². The van der Waals surface area contributed by atoms with Crippen LogP contribution in [0.25, 0.3) is 6.08 Å². The first kappa shape index (κ1) is 28.4. The number of urea groups is 1. The minimum atomic E-state index is -0.757. The van der Waals surface area contributed by atoms with Crippen LogP contribution in [0.2, 0.25) is 5.02 Å². The van der Waals surface area contributed by atoms with Gasteiger partial charge in [0.05, 0.1) is 18.5 Å². The van der Waals surface area contributed by atoms with Crippen molar-refractivity contribution in [2.45, 2.75) is 13.0 Å². The molecule has 0 bridgehead atoms. The highest BCUT2D eigenvalue weighted by atomic mass is 35.5. The van der Waals surface area contributed by atoms with Gasteiger partial charge in [0.2, 0.25) is 0 Å². The number of carbonyl (C=O) groups is 3. The van der Waals surface area contributed by atoms with Crippen LogP contribution >= 0.6 is 11.6 Å². The van der Waals surface area contributed by atoms with Crippen molar-refractivity contribution in [3.63, 3.8) is 0 Å². The number of imide groups is 2. The maximum Gasteiger partial charge on any atom is 0.343 e. The summed E-state index contributed by atoms with van der Waals surface area (Å²) in [6.45, 7) is 4.06. The predicted octanol–water partition coefficient (Wildman–Crippen LogP) is 7.24. The van der Waals surface area contributed by atoms with Crippen molar-refractivity contribution in [3.8, 4) is 11.5 Å². The zero-order chi connectivity index (χ0) is 29.6. The molecule has 1 fully saturated rings. The Morgan fingerprint density at radius 2 is 1.36 bits per heavy atom. The Bertz CT molecular complexity index is 1620. The van der Waals surface area contributed by atoms with Gasteiger partial charge in [0.15, 0.2) is 11.5 Å². The number of amides is 4. The highest BCUT2D eigenvalue weighted by molar-refractivity contribution is 6.46. The van der Waals surface area contributed by atoms with Gasteiger partial charge in [0.25, 0.3) is 11.8 Å². The molecule has 1 heterocycles. The fourth-order valence-corrected chi connectivity index (χ4v) is 4.85. The van der Waals surface area contributed by atoms with E-state index >= 15 is 0 Å². The lowest BCUT2D eigenvalue weighted by molar-refractivity contribution is -0.121. The third-order valence-electron chi connectivity index (χ3n) is 6.66. The van der Waals surface area contributed by atoms with E-state index in [9.17, 15) is 14.4 Å². The zero-order valence-electron chi connectivity index (χ0n) is 22.8.